The highest BCUT2D eigenvalue weighted by molar-refractivity contribution is 6.28. The number of halogens is 1. The van der Waals surface area contributed by atoms with Crippen LogP contribution in [0, 0.1) is 6.92 Å². The van der Waals surface area contributed by atoms with Crippen molar-refractivity contribution < 1.29 is 4.74 Å². The number of anilines is 1. The van der Waals surface area contributed by atoms with Gasteiger partial charge in [-0.3, -0.25) is 9.55 Å². The number of hydrogen-bond donors (Lipinski definition) is 0. The van der Waals surface area contributed by atoms with Crippen molar-refractivity contribution in [3.63, 3.8) is 0 Å². The summed E-state index contributed by atoms with van der Waals surface area (Å²) in [5, 5.41) is 1.23. The lowest BCUT2D eigenvalue weighted by Gasteiger charge is -2.34. The molecule has 6 nitrogen and oxygen atoms in total. The molecule has 0 aliphatic carbocycles. The van der Waals surface area contributed by atoms with E-state index in [1.54, 1.807) is 6.20 Å². The SMILES string of the molecule is Cc1ccncc1-n1ccc2c(N3CCOC[C@H]3C)nc(Cl)nc21. The number of nitrogens with zero attached hydrogens (tertiary/aromatic N) is 5. The van der Waals surface area contributed by atoms with Gasteiger partial charge in [-0.15, -0.1) is 0 Å². The average Bonchev–Trinajstić information content (AvgIpc) is 2.99. The lowest BCUT2D eigenvalue weighted by molar-refractivity contribution is 0.0987. The van der Waals surface area contributed by atoms with Gasteiger partial charge in [0.15, 0.2) is 5.65 Å². The fourth-order valence-corrected chi connectivity index (χ4v) is 3.30. The van der Waals surface area contributed by atoms with Gasteiger partial charge in [0.1, 0.15) is 5.82 Å². The minimum absolute atomic E-state index is 0.247. The standard InChI is InChI=1S/C17H18ClN5O/c1-11-3-5-19-9-14(11)23-6-4-13-15(20-17(18)21-16(13)23)22-7-8-24-10-12(22)2/h3-6,9,12H,7-8,10H2,1-2H3/t12-/m1/s1. The Balaban J connectivity index is 1.90. The number of fused-ring (bicyclic) bond motifs is 1. The summed E-state index contributed by atoms with van der Waals surface area (Å²) in [5.74, 6) is 0.862. The van der Waals surface area contributed by atoms with Gasteiger partial charge in [0.05, 0.1) is 36.5 Å². The first kappa shape index (κ1) is 15.4. The van der Waals surface area contributed by atoms with Crippen LogP contribution >= 0.6 is 11.6 Å². The van der Waals surface area contributed by atoms with E-state index in [0.717, 1.165) is 34.6 Å². The molecule has 0 N–H and O–H groups in total. The molecule has 1 aliphatic rings. The Morgan fingerprint density at radius 1 is 1.29 bits per heavy atom. The van der Waals surface area contributed by atoms with Gasteiger partial charge in [0.2, 0.25) is 5.28 Å². The van der Waals surface area contributed by atoms with Crippen molar-refractivity contribution in [2.24, 2.45) is 0 Å². The van der Waals surface area contributed by atoms with Crippen molar-refractivity contribution in [2.45, 2.75) is 19.9 Å². The Labute approximate surface area is 145 Å². The zero-order valence-electron chi connectivity index (χ0n) is 13.6. The minimum atomic E-state index is 0.247. The Morgan fingerprint density at radius 3 is 2.96 bits per heavy atom. The van der Waals surface area contributed by atoms with Gasteiger partial charge in [-0.05, 0) is 43.1 Å². The predicted octanol–water partition coefficient (Wildman–Crippen LogP) is 3.00. The van der Waals surface area contributed by atoms with E-state index in [2.05, 4.69) is 33.7 Å². The molecule has 1 atom stereocenters. The number of aryl methyl sites for hydroxylation is 1. The molecule has 24 heavy (non-hydrogen) atoms. The van der Waals surface area contributed by atoms with Crippen molar-refractivity contribution in [1.29, 1.82) is 0 Å². The molecule has 0 amide bonds. The van der Waals surface area contributed by atoms with E-state index in [1.807, 2.05) is 29.1 Å². The van der Waals surface area contributed by atoms with E-state index in [-0.39, 0.29) is 11.3 Å². The van der Waals surface area contributed by atoms with Crippen molar-refractivity contribution in [3.8, 4) is 5.69 Å². The lowest BCUT2D eigenvalue weighted by atomic mass is 10.2. The normalized spacial score (nSPS) is 18.3. The lowest BCUT2D eigenvalue weighted by Crippen LogP contribution is -2.44. The summed E-state index contributed by atoms with van der Waals surface area (Å²) in [7, 11) is 0. The van der Waals surface area contributed by atoms with Crippen molar-refractivity contribution in [3.05, 3.63) is 41.6 Å². The van der Waals surface area contributed by atoms with E-state index >= 15 is 0 Å². The van der Waals surface area contributed by atoms with Crippen LogP contribution in [0.3, 0.4) is 0 Å². The van der Waals surface area contributed by atoms with Gasteiger partial charge in [-0.1, -0.05) is 0 Å². The average molecular weight is 344 g/mol. The van der Waals surface area contributed by atoms with Crippen LogP contribution < -0.4 is 4.90 Å². The highest BCUT2D eigenvalue weighted by Crippen LogP contribution is 2.30. The largest absolute Gasteiger partial charge is 0.377 e. The first-order chi connectivity index (χ1) is 11.6. The summed E-state index contributed by atoms with van der Waals surface area (Å²) in [6.45, 7) is 6.35. The van der Waals surface area contributed by atoms with Crippen molar-refractivity contribution >= 4 is 28.5 Å². The molecular weight excluding hydrogens is 326 g/mol. The molecule has 1 fully saturated rings. The molecule has 0 bridgehead atoms. The number of hydrogen-bond acceptors (Lipinski definition) is 5. The summed E-state index contributed by atoms with van der Waals surface area (Å²) >= 11 is 6.24. The Hall–Kier alpha value is -2.18. The summed E-state index contributed by atoms with van der Waals surface area (Å²) in [6.07, 6.45) is 5.61. The second kappa shape index (κ2) is 6.03. The maximum absolute atomic E-state index is 6.24. The monoisotopic (exact) mass is 343 g/mol. The number of rotatable bonds is 2. The van der Waals surface area contributed by atoms with Crippen LogP contribution in [0.4, 0.5) is 5.82 Å². The van der Waals surface area contributed by atoms with Crippen LogP contribution in [0.1, 0.15) is 12.5 Å². The third-order valence-electron chi connectivity index (χ3n) is 4.41. The Kier molecular flexibility index (Phi) is 3.86. The molecule has 7 heteroatoms. The third-order valence-corrected chi connectivity index (χ3v) is 4.58. The van der Waals surface area contributed by atoms with Gasteiger partial charge in [0.25, 0.3) is 0 Å². The number of aromatic nitrogens is 4. The first-order valence-electron chi connectivity index (χ1n) is 7.95. The summed E-state index contributed by atoms with van der Waals surface area (Å²) < 4.78 is 7.55. The topological polar surface area (TPSA) is 56.1 Å². The number of pyridine rings is 1. The molecule has 4 rings (SSSR count). The Morgan fingerprint density at radius 2 is 2.17 bits per heavy atom. The molecule has 1 aliphatic heterocycles. The van der Waals surface area contributed by atoms with Gasteiger partial charge < -0.3 is 9.64 Å². The zero-order chi connectivity index (χ0) is 16.7. The van der Waals surface area contributed by atoms with E-state index in [9.17, 15) is 0 Å². The summed E-state index contributed by atoms with van der Waals surface area (Å²) in [5.41, 5.74) is 2.90. The van der Waals surface area contributed by atoms with Crippen molar-refractivity contribution in [2.75, 3.05) is 24.7 Å². The molecule has 0 aromatic carbocycles. The van der Waals surface area contributed by atoms with Crippen LogP contribution in [-0.2, 0) is 4.74 Å². The molecule has 0 radical (unpaired) electrons. The summed E-state index contributed by atoms with van der Waals surface area (Å²) in [6, 6.07) is 4.27. The zero-order valence-corrected chi connectivity index (χ0v) is 14.4. The minimum Gasteiger partial charge on any atom is -0.377 e. The van der Waals surface area contributed by atoms with Crippen LogP contribution in [0.2, 0.25) is 5.28 Å². The maximum atomic E-state index is 6.24. The fourth-order valence-electron chi connectivity index (χ4n) is 3.14. The maximum Gasteiger partial charge on any atom is 0.226 e. The molecule has 0 saturated carbocycles. The van der Waals surface area contributed by atoms with E-state index < -0.39 is 0 Å². The number of ether oxygens (including phenoxy) is 1. The van der Waals surface area contributed by atoms with Gasteiger partial charge in [0, 0.05) is 18.9 Å². The highest BCUT2D eigenvalue weighted by Gasteiger charge is 2.24. The van der Waals surface area contributed by atoms with Gasteiger partial charge in [-0.2, -0.15) is 9.97 Å². The predicted molar refractivity (Wildman–Crippen MR) is 94.0 cm³/mol. The van der Waals surface area contributed by atoms with E-state index in [4.69, 9.17) is 16.3 Å². The molecule has 0 spiro atoms. The molecule has 3 aromatic heterocycles. The molecule has 1 saturated heterocycles. The third kappa shape index (κ3) is 2.52. The summed E-state index contributed by atoms with van der Waals surface area (Å²) in [4.78, 5) is 15.4. The highest BCUT2D eigenvalue weighted by atomic mass is 35.5. The Bertz CT molecular complexity index is 894. The quantitative estimate of drug-likeness (QED) is 0.669. The van der Waals surface area contributed by atoms with Crippen LogP contribution in [0.15, 0.2) is 30.7 Å². The van der Waals surface area contributed by atoms with Crippen LogP contribution in [-0.4, -0.2) is 45.3 Å². The van der Waals surface area contributed by atoms with E-state index in [1.165, 1.54) is 0 Å². The van der Waals surface area contributed by atoms with Crippen LogP contribution in [0.25, 0.3) is 16.7 Å². The number of morpholine rings is 1. The second-order valence-corrected chi connectivity index (χ2v) is 6.36. The second-order valence-electron chi connectivity index (χ2n) is 6.02. The molecule has 4 heterocycles. The molecular formula is C17H18ClN5O. The smallest absolute Gasteiger partial charge is 0.226 e. The van der Waals surface area contributed by atoms with Crippen molar-refractivity contribution in [1.82, 2.24) is 19.5 Å². The van der Waals surface area contributed by atoms with Gasteiger partial charge >= 0.3 is 0 Å². The molecule has 124 valence electrons. The molecule has 0 unspecified atom stereocenters. The first-order valence-corrected chi connectivity index (χ1v) is 8.33. The molecule has 3 aromatic rings. The van der Waals surface area contributed by atoms with E-state index in [0.29, 0.717) is 13.2 Å². The fraction of sp³-hybridized carbons (Fsp3) is 0.353. The van der Waals surface area contributed by atoms with Gasteiger partial charge in [-0.25, -0.2) is 0 Å². The van der Waals surface area contributed by atoms with Crippen LogP contribution in [0.5, 0.6) is 0 Å².